The summed E-state index contributed by atoms with van der Waals surface area (Å²) in [6.07, 6.45) is 2.12. The van der Waals surface area contributed by atoms with Gasteiger partial charge in [-0.25, -0.2) is 0 Å². The zero-order valence-electron chi connectivity index (χ0n) is 10.3. The molecule has 0 aliphatic carbocycles. The molecule has 1 aromatic carbocycles. The van der Waals surface area contributed by atoms with Crippen LogP contribution in [0.2, 0.25) is 0 Å². The van der Waals surface area contributed by atoms with Crippen molar-refractivity contribution in [2.75, 3.05) is 13.2 Å². The third-order valence-electron chi connectivity index (χ3n) is 3.10. The molecule has 1 fully saturated rings. The molecule has 1 saturated heterocycles. The second-order valence-corrected chi connectivity index (χ2v) is 4.46. The van der Waals surface area contributed by atoms with Gasteiger partial charge in [-0.3, -0.25) is 4.79 Å². The number of rotatable bonds is 5. The number of carboxylic acid groups (broad SMARTS) is 1. The number of benzene rings is 1. The van der Waals surface area contributed by atoms with E-state index in [9.17, 15) is 4.79 Å². The number of carboxylic acids is 1. The van der Waals surface area contributed by atoms with E-state index in [0.717, 1.165) is 37.2 Å². The molecule has 2 rings (SSSR count). The summed E-state index contributed by atoms with van der Waals surface area (Å²) in [5.74, 6) is -0.812. The Labute approximate surface area is 107 Å². The monoisotopic (exact) mass is 250 g/mol. The van der Waals surface area contributed by atoms with Gasteiger partial charge < -0.3 is 14.6 Å². The predicted molar refractivity (Wildman–Crippen MR) is 66.4 cm³/mol. The van der Waals surface area contributed by atoms with Gasteiger partial charge in [0.05, 0.1) is 19.1 Å². The van der Waals surface area contributed by atoms with Crippen molar-refractivity contribution in [1.82, 2.24) is 0 Å². The summed E-state index contributed by atoms with van der Waals surface area (Å²) < 4.78 is 11.1. The predicted octanol–water partition coefficient (Wildman–Crippen LogP) is 2.01. The molecule has 0 radical (unpaired) electrons. The topological polar surface area (TPSA) is 55.8 Å². The van der Waals surface area contributed by atoms with E-state index < -0.39 is 5.97 Å². The van der Waals surface area contributed by atoms with E-state index in [0.29, 0.717) is 6.61 Å². The van der Waals surface area contributed by atoms with Crippen LogP contribution in [0.4, 0.5) is 0 Å². The molecule has 0 amide bonds. The minimum absolute atomic E-state index is 0.0489. The Balaban J connectivity index is 1.93. The second kappa shape index (κ2) is 6.52. The van der Waals surface area contributed by atoms with Gasteiger partial charge in [-0.05, 0) is 24.0 Å². The number of aliphatic carboxylic acids is 1. The molecule has 0 spiro atoms. The Morgan fingerprint density at radius 2 is 1.94 bits per heavy atom. The van der Waals surface area contributed by atoms with Crippen molar-refractivity contribution in [3.63, 3.8) is 0 Å². The van der Waals surface area contributed by atoms with Gasteiger partial charge in [-0.15, -0.1) is 0 Å². The molecule has 0 aromatic heterocycles. The summed E-state index contributed by atoms with van der Waals surface area (Å²) in [5, 5.41) is 8.85. The van der Waals surface area contributed by atoms with Crippen molar-refractivity contribution < 1.29 is 19.4 Å². The first kappa shape index (κ1) is 13.1. The van der Waals surface area contributed by atoms with Gasteiger partial charge >= 0.3 is 5.97 Å². The van der Waals surface area contributed by atoms with Crippen LogP contribution in [0.3, 0.4) is 0 Å². The van der Waals surface area contributed by atoms with E-state index in [1.807, 2.05) is 24.3 Å². The highest BCUT2D eigenvalue weighted by Gasteiger charge is 2.15. The first-order chi connectivity index (χ1) is 8.75. The maximum Gasteiger partial charge on any atom is 0.307 e. The van der Waals surface area contributed by atoms with Gasteiger partial charge in [-0.1, -0.05) is 24.3 Å². The fraction of sp³-hybridized carbons (Fsp3) is 0.500. The zero-order valence-corrected chi connectivity index (χ0v) is 10.3. The number of hydrogen-bond donors (Lipinski definition) is 1. The second-order valence-electron chi connectivity index (χ2n) is 4.46. The lowest BCUT2D eigenvalue weighted by molar-refractivity contribution is -0.136. The lowest BCUT2D eigenvalue weighted by atomic mass is 10.1. The van der Waals surface area contributed by atoms with Crippen LogP contribution in [0.25, 0.3) is 0 Å². The molecule has 0 atom stereocenters. The van der Waals surface area contributed by atoms with Crippen LogP contribution in [0.5, 0.6) is 0 Å². The Morgan fingerprint density at radius 3 is 2.61 bits per heavy atom. The van der Waals surface area contributed by atoms with Gasteiger partial charge in [0.25, 0.3) is 0 Å². The average Bonchev–Trinajstić information content (AvgIpc) is 2.38. The summed E-state index contributed by atoms with van der Waals surface area (Å²) >= 11 is 0. The summed E-state index contributed by atoms with van der Waals surface area (Å²) in [6.45, 7) is 1.98. The van der Waals surface area contributed by atoms with Crippen molar-refractivity contribution in [2.24, 2.45) is 0 Å². The van der Waals surface area contributed by atoms with E-state index in [1.165, 1.54) is 0 Å². The lowest BCUT2D eigenvalue weighted by Gasteiger charge is -2.22. The number of carbonyl (C=O) groups is 1. The molecule has 0 bridgehead atoms. The maximum absolute atomic E-state index is 10.8. The van der Waals surface area contributed by atoms with E-state index in [2.05, 4.69) is 0 Å². The standard InChI is InChI=1S/C14H18O4/c15-14(16)9-11-3-1-2-4-12(11)10-18-13-5-7-17-8-6-13/h1-4,13H,5-10H2,(H,15,16). The molecule has 4 nitrogen and oxygen atoms in total. The molecule has 1 N–H and O–H groups in total. The molecule has 4 heteroatoms. The fourth-order valence-corrected chi connectivity index (χ4v) is 2.08. The molecule has 1 aliphatic rings. The van der Waals surface area contributed by atoms with Gasteiger partial charge in [-0.2, -0.15) is 0 Å². The molecule has 98 valence electrons. The van der Waals surface area contributed by atoms with Crippen LogP contribution in [-0.2, 0) is 27.3 Å². The van der Waals surface area contributed by atoms with Gasteiger partial charge in [0.1, 0.15) is 0 Å². The van der Waals surface area contributed by atoms with Gasteiger partial charge in [0, 0.05) is 13.2 Å². The third-order valence-corrected chi connectivity index (χ3v) is 3.10. The van der Waals surface area contributed by atoms with E-state index >= 15 is 0 Å². The number of ether oxygens (including phenoxy) is 2. The van der Waals surface area contributed by atoms with Crippen LogP contribution in [0, 0.1) is 0 Å². The molecule has 0 unspecified atom stereocenters. The Morgan fingerprint density at radius 1 is 1.28 bits per heavy atom. The van der Waals surface area contributed by atoms with Gasteiger partial charge in [0.2, 0.25) is 0 Å². The Hall–Kier alpha value is -1.39. The van der Waals surface area contributed by atoms with Crippen molar-refractivity contribution in [1.29, 1.82) is 0 Å². The lowest BCUT2D eigenvalue weighted by Crippen LogP contribution is -2.23. The van der Waals surface area contributed by atoms with Crippen molar-refractivity contribution in [2.45, 2.75) is 32.0 Å². The summed E-state index contributed by atoms with van der Waals surface area (Å²) in [7, 11) is 0. The minimum atomic E-state index is -0.812. The van der Waals surface area contributed by atoms with E-state index in [-0.39, 0.29) is 12.5 Å². The SMILES string of the molecule is O=C(O)Cc1ccccc1COC1CCOCC1. The normalized spacial score (nSPS) is 16.7. The molecular formula is C14H18O4. The molecule has 1 heterocycles. The quantitative estimate of drug-likeness (QED) is 0.868. The van der Waals surface area contributed by atoms with Crippen molar-refractivity contribution in [3.8, 4) is 0 Å². The Kier molecular flexibility index (Phi) is 4.73. The van der Waals surface area contributed by atoms with Crippen LogP contribution in [0.1, 0.15) is 24.0 Å². The molecule has 1 aromatic rings. The number of hydrogen-bond acceptors (Lipinski definition) is 3. The zero-order chi connectivity index (χ0) is 12.8. The third kappa shape index (κ3) is 3.82. The highest BCUT2D eigenvalue weighted by Crippen LogP contribution is 2.16. The molecule has 18 heavy (non-hydrogen) atoms. The van der Waals surface area contributed by atoms with Crippen LogP contribution in [-0.4, -0.2) is 30.4 Å². The summed E-state index contributed by atoms with van der Waals surface area (Å²) in [5.41, 5.74) is 1.79. The maximum atomic E-state index is 10.8. The molecule has 1 aliphatic heterocycles. The largest absolute Gasteiger partial charge is 0.481 e. The smallest absolute Gasteiger partial charge is 0.307 e. The van der Waals surface area contributed by atoms with Crippen LogP contribution >= 0.6 is 0 Å². The summed E-state index contributed by atoms with van der Waals surface area (Å²) in [4.78, 5) is 10.8. The Bertz CT molecular complexity index is 397. The molecular weight excluding hydrogens is 232 g/mol. The van der Waals surface area contributed by atoms with E-state index in [1.54, 1.807) is 0 Å². The van der Waals surface area contributed by atoms with Gasteiger partial charge in [0.15, 0.2) is 0 Å². The molecule has 0 saturated carbocycles. The first-order valence-electron chi connectivity index (χ1n) is 6.23. The van der Waals surface area contributed by atoms with Crippen molar-refractivity contribution >= 4 is 5.97 Å². The first-order valence-corrected chi connectivity index (χ1v) is 6.23. The fourth-order valence-electron chi connectivity index (χ4n) is 2.08. The highest BCUT2D eigenvalue weighted by atomic mass is 16.5. The highest BCUT2D eigenvalue weighted by molar-refractivity contribution is 5.70. The van der Waals surface area contributed by atoms with Crippen LogP contribution in [0.15, 0.2) is 24.3 Å². The van der Waals surface area contributed by atoms with Crippen LogP contribution < -0.4 is 0 Å². The van der Waals surface area contributed by atoms with E-state index in [4.69, 9.17) is 14.6 Å². The summed E-state index contributed by atoms with van der Waals surface area (Å²) in [6, 6.07) is 7.54. The van der Waals surface area contributed by atoms with Crippen molar-refractivity contribution in [3.05, 3.63) is 35.4 Å². The average molecular weight is 250 g/mol. The minimum Gasteiger partial charge on any atom is -0.481 e.